The van der Waals surface area contributed by atoms with Crippen molar-refractivity contribution in [2.75, 3.05) is 48.3 Å². The second-order valence-electron chi connectivity index (χ2n) is 8.72. The maximum atomic E-state index is 13.0. The fraction of sp³-hybridized carbons (Fsp3) is 0.360. The molecule has 1 N–H and O–H groups in total. The lowest BCUT2D eigenvalue weighted by Gasteiger charge is -2.33. The Hall–Kier alpha value is -3.32. The Bertz CT molecular complexity index is 1090. The summed E-state index contributed by atoms with van der Waals surface area (Å²) in [5.41, 5.74) is 3.79. The van der Waals surface area contributed by atoms with Crippen molar-refractivity contribution in [3.8, 4) is 0 Å². The Labute approximate surface area is 188 Å². The molecule has 4 heterocycles. The van der Waals surface area contributed by atoms with Crippen LogP contribution in [0.4, 0.5) is 17.2 Å². The van der Waals surface area contributed by atoms with E-state index in [0.29, 0.717) is 29.6 Å². The van der Waals surface area contributed by atoms with Crippen molar-refractivity contribution < 1.29 is 9.21 Å². The van der Waals surface area contributed by atoms with Gasteiger partial charge in [0, 0.05) is 37.9 Å². The SMILES string of the molecule is CC1Cc2ccccc2N1Cc1occc1C(=O)Nc1ccc(N2CCN(C)CC2)nc1. The van der Waals surface area contributed by atoms with Crippen LogP contribution in [0.3, 0.4) is 0 Å². The van der Waals surface area contributed by atoms with Crippen LogP contribution in [0.5, 0.6) is 0 Å². The molecule has 2 aromatic heterocycles. The van der Waals surface area contributed by atoms with Gasteiger partial charge in [0.25, 0.3) is 5.91 Å². The second kappa shape index (κ2) is 8.67. The molecule has 166 valence electrons. The first-order valence-corrected chi connectivity index (χ1v) is 11.2. The van der Waals surface area contributed by atoms with Crippen LogP contribution in [0.25, 0.3) is 0 Å². The number of hydrogen-bond donors (Lipinski definition) is 1. The Morgan fingerprint density at radius 1 is 1.12 bits per heavy atom. The number of rotatable bonds is 5. The highest BCUT2D eigenvalue weighted by molar-refractivity contribution is 6.05. The number of para-hydroxylation sites is 1. The summed E-state index contributed by atoms with van der Waals surface area (Å²) in [5.74, 6) is 1.44. The number of hydrogen-bond acceptors (Lipinski definition) is 6. The standard InChI is InChI=1S/C25H29N5O2/c1-18-15-19-5-3-4-6-22(19)30(18)17-23-21(9-14-32-23)25(31)27-20-7-8-24(26-16-20)29-12-10-28(2)11-13-29/h3-9,14,16,18H,10-13,15,17H2,1-2H3,(H,27,31). The highest BCUT2D eigenvalue weighted by Gasteiger charge is 2.28. The molecule has 2 aliphatic heterocycles. The number of benzene rings is 1. The number of nitrogens with one attached hydrogen (secondary N) is 1. The summed E-state index contributed by atoms with van der Waals surface area (Å²) in [7, 11) is 2.14. The molecule has 1 aromatic carbocycles. The third-order valence-corrected chi connectivity index (χ3v) is 6.49. The van der Waals surface area contributed by atoms with Crippen LogP contribution < -0.4 is 15.1 Å². The number of aromatic nitrogens is 1. The summed E-state index contributed by atoms with van der Waals surface area (Å²) in [6, 6.07) is 14.4. The highest BCUT2D eigenvalue weighted by atomic mass is 16.3. The number of anilines is 3. The maximum absolute atomic E-state index is 13.0. The van der Waals surface area contributed by atoms with Crippen molar-refractivity contribution in [1.29, 1.82) is 0 Å². The molecule has 32 heavy (non-hydrogen) atoms. The molecule has 3 aromatic rings. The van der Waals surface area contributed by atoms with Crippen LogP contribution in [0.2, 0.25) is 0 Å². The predicted molar refractivity (Wildman–Crippen MR) is 126 cm³/mol. The molecule has 1 fully saturated rings. The van der Waals surface area contributed by atoms with Crippen molar-refractivity contribution in [3.63, 3.8) is 0 Å². The molecule has 0 spiro atoms. The quantitative estimate of drug-likeness (QED) is 0.666. The van der Waals surface area contributed by atoms with Crippen LogP contribution in [-0.4, -0.2) is 55.1 Å². The third kappa shape index (κ3) is 4.08. The first-order chi connectivity index (χ1) is 15.6. The largest absolute Gasteiger partial charge is 0.467 e. The molecule has 0 aliphatic carbocycles. The van der Waals surface area contributed by atoms with E-state index in [1.165, 1.54) is 11.3 Å². The van der Waals surface area contributed by atoms with Gasteiger partial charge < -0.3 is 24.4 Å². The lowest BCUT2D eigenvalue weighted by atomic mass is 10.1. The van der Waals surface area contributed by atoms with Crippen LogP contribution >= 0.6 is 0 Å². The number of likely N-dealkylation sites (N-methyl/N-ethyl adjacent to an activating group) is 1. The minimum atomic E-state index is -0.178. The molecule has 0 bridgehead atoms. The number of fused-ring (bicyclic) bond motifs is 1. The smallest absolute Gasteiger partial charge is 0.259 e. The van der Waals surface area contributed by atoms with Gasteiger partial charge in [-0.3, -0.25) is 4.79 Å². The van der Waals surface area contributed by atoms with Gasteiger partial charge in [-0.15, -0.1) is 0 Å². The van der Waals surface area contributed by atoms with Crippen molar-refractivity contribution in [2.24, 2.45) is 0 Å². The zero-order chi connectivity index (χ0) is 22.1. The summed E-state index contributed by atoms with van der Waals surface area (Å²) in [6.45, 7) is 6.76. The zero-order valence-electron chi connectivity index (χ0n) is 18.6. The molecule has 5 rings (SSSR count). The minimum absolute atomic E-state index is 0.178. The molecule has 1 unspecified atom stereocenters. The zero-order valence-corrected chi connectivity index (χ0v) is 18.6. The van der Waals surface area contributed by atoms with E-state index in [-0.39, 0.29) is 5.91 Å². The molecule has 1 saturated heterocycles. The molecule has 1 amide bonds. The lowest BCUT2D eigenvalue weighted by molar-refractivity contribution is 0.102. The average molecular weight is 432 g/mol. The number of pyridine rings is 1. The Kier molecular flexibility index (Phi) is 5.57. The van der Waals surface area contributed by atoms with Gasteiger partial charge in [0.05, 0.1) is 30.3 Å². The monoisotopic (exact) mass is 431 g/mol. The van der Waals surface area contributed by atoms with E-state index in [0.717, 1.165) is 38.4 Å². The number of carbonyl (C=O) groups excluding carboxylic acids is 1. The summed E-state index contributed by atoms with van der Waals surface area (Å²) >= 11 is 0. The first kappa shape index (κ1) is 20.6. The van der Waals surface area contributed by atoms with Gasteiger partial charge >= 0.3 is 0 Å². The van der Waals surface area contributed by atoms with Gasteiger partial charge in [-0.05, 0) is 50.2 Å². The van der Waals surface area contributed by atoms with Crippen molar-refractivity contribution in [3.05, 3.63) is 71.8 Å². The normalized spacial score (nSPS) is 18.6. The van der Waals surface area contributed by atoms with E-state index in [2.05, 4.69) is 63.2 Å². The number of nitrogens with zero attached hydrogens (tertiary/aromatic N) is 4. The fourth-order valence-corrected chi connectivity index (χ4v) is 4.57. The van der Waals surface area contributed by atoms with Gasteiger partial charge in [-0.25, -0.2) is 4.98 Å². The summed E-state index contributed by atoms with van der Waals surface area (Å²) in [6.07, 6.45) is 4.32. The Morgan fingerprint density at radius 2 is 1.94 bits per heavy atom. The number of carbonyl (C=O) groups is 1. The van der Waals surface area contributed by atoms with Crippen molar-refractivity contribution in [1.82, 2.24) is 9.88 Å². The van der Waals surface area contributed by atoms with Gasteiger partial charge in [0.2, 0.25) is 0 Å². The van der Waals surface area contributed by atoms with Crippen molar-refractivity contribution >= 4 is 23.1 Å². The Balaban J connectivity index is 1.26. The fourth-order valence-electron chi connectivity index (χ4n) is 4.57. The van der Waals surface area contributed by atoms with Gasteiger partial charge in [0.1, 0.15) is 11.6 Å². The summed E-state index contributed by atoms with van der Waals surface area (Å²) < 4.78 is 5.73. The summed E-state index contributed by atoms with van der Waals surface area (Å²) in [4.78, 5) is 24.4. The van der Waals surface area contributed by atoms with Crippen LogP contribution in [-0.2, 0) is 13.0 Å². The van der Waals surface area contributed by atoms with E-state index in [1.807, 2.05) is 12.1 Å². The topological polar surface area (TPSA) is 64.9 Å². The molecular weight excluding hydrogens is 402 g/mol. The predicted octanol–water partition coefficient (Wildman–Crippen LogP) is 3.63. The number of furan rings is 1. The van der Waals surface area contributed by atoms with Gasteiger partial charge in [-0.1, -0.05) is 18.2 Å². The minimum Gasteiger partial charge on any atom is -0.467 e. The third-order valence-electron chi connectivity index (χ3n) is 6.49. The molecule has 0 radical (unpaired) electrons. The highest BCUT2D eigenvalue weighted by Crippen LogP contribution is 2.33. The van der Waals surface area contributed by atoms with E-state index in [4.69, 9.17) is 4.42 Å². The molecular formula is C25H29N5O2. The average Bonchev–Trinajstić information content (AvgIpc) is 3.40. The van der Waals surface area contributed by atoms with E-state index in [9.17, 15) is 4.79 Å². The number of piperazine rings is 1. The van der Waals surface area contributed by atoms with Crippen molar-refractivity contribution in [2.45, 2.75) is 25.9 Å². The van der Waals surface area contributed by atoms with E-state index < -0.39 is 0 Å². The molecule has 7 nitrogen and oxygen atoms in total. The van der Waals surface area contributed by atoms with Crippen LogP contribution in [0.1, 0.15) is 28.6 Å². The van der Waals surface area contributed by atoms with E-state index in [1.54, 1.807) is 18.5 Å². The van der Waals surface area contributed by atoms with Gasteiger partial charge in [-0.2, -0.15) is 0 Å². The van der Waals surface area contributed by atoms with E-state index >= 15 is 0 Å². The van der Waals surface area contributed by atoms with Gasteiger partial charge in [0.15, 0.2) is 0 Å². The molecule has 2 aliphatic rings. The van der Waals surface area contributed by atoms with Crippen LogP contribution in [0, 0.1) is 0 Å². The maximum Gasteiger partial charge on any atom is 0.259 e. The second-order valence-corrected chi connectivity index (χ2v) is 8.72. The molecule has 7 heteroatoms. The lowest BCUT2D eigenvalue weighted by Crippen LogP contribution is -2.44. The first-order valence-electron chi connectivity index (χ1n) is 11.2. The number of amides is 1. The molecule has 1 atom stereocenters. The Morgan fingerprint density at radius 3 is 2.72 bits per heavy atom. The summed E-state index contributed by atoms with van der Waals surface area (Å²) in [5, 5.41) is 2.97. The van der Waals surface area contributed by atoms with Crippen LogP contribution in [0.15, 0.2) is 59.3 Å². The molecule has 0 saturated carbocycles.